The highest BCUT2D eigenvalue weighted by Gasteiger charge is 2.22. The Labute approximate surface area is 128 Å². The van der Waals surface area contributed by atoms with Gasteiger partial charge < -0.3 is 9.80 Å². The highest BCUT2D eigenvalue weighted by Crippen LogP contribution is 2.19. The van der Waals surface area contributed by atoms with Crippen molar-refractivity contribution >= 4 is 56.6 Å². The van der Waals surface area contributed by atoms with Crippen LogP contribution in [0.25, 0.3) is 0 Å². The van der Waals surface area contributed by atoms with Gasteiger partial charge in [-0.15, -0.1) is 0 Å². The van der Waals surface area contributed by atoms with Crippen molar-refractivity contribution in [3.05, 3.63) is 0 Å². The van der Waals surface area contributed by atoms with Gasteiger partial charge in [0.15, 0.2) is 0 Å². The van der Waals surface area contributed by atoms with Crippen LogP contribution in [0.3, 0.4) is 0 Å². The highest BCUT2D eigenvalue weighted by molar-refractivity contribution is 8.23. The Morgan fingerprint density at radius 3 is 2.44 bits per heavy atom. The Balaban J connectivity index is 1.77. The molecular weight excluding hydrogens is 304 g/mol. The predicted octanol–water partition coefficient (Wildman–Crippen LogP) is 1.35. The molecule has 2 heterocycles. The van der Waals surface area contributed by atoms with Crippen molar-refractivity contribution in [1.29, 1.82) is 0 Å². The van der Waals surface area contributed by atoms with Crippen molar-refractivity contribution in [1.82, 2.24) is 19.6 Å². The quantitative estimate of drug-likeness (QED) is 0.713. The van der Waals surface area contributed by atoms with Crippen molar-refractivity contribution in [2.75, 3.05) is 52.3 Å². The summed E-state index contributed by atoms with van der Waals surface area (Å²) in [5.74, 6) is 2.00. The summed E-state index contributed by atoms with van der Waals surface area (Å²) >= 11 is 14.1. The molecule has 0 amide bonds. The first-order valence-electron chi connectivity index (χ1n) is 5.77. The van der Waals surface area contributed by atoms with Gasteiger partial charge in [-0.1, -0.05) is 48.0 Å². The van der Waals surface area contributed by atoms with Crippen LogP contribution in [0.1, 0.15) is 0 Å². The van der Waals surface area contributed by atoms with E-state index in [-0.39, 0.29) is 0 Å². The molecular formula is C10H18N4S4. The minimum Gasteiger partial charge on any atom is -0.348 e. The number of hydrogen-bond donors (Lipinski definition) is 0. The van der Waals surface area contributed by atoms with Crippen LogP contribution in [0, 0.1) is 0 Å². The SMILES string of the molecule is CN1CSC(=S)N(CCN2CSC(=S)N(C)C2)C1. The first-order valence-corrected chi connectivity index (χ1v) is 8.55. The van der Waals surface area contributed by atoms with Gasteiger partial charge in [0.05, 0.1) is 25.1 Å². The predicted molar refractivity (Wildman–Crippen MR) is 88.8 cm³/mol. The summed E-state index contributed by atoms with van der Waals surface area (Å²) in [6.45, 7) is 3.91. The molecule has 0 aromatic rings. The summed E-state index contributed by atoms with van der Waals surface area (Å²) < 4.78 is 2.02. The van der Waals surface area contributed by atoms with E-state index < -0.39 is 0 Å². The molecule has 2 rings (SSSR count). The molecule has 2 fully saturated rings. The number of rotatable bonds is 3. The van der Waals surface area contributed by atoms with Gasteiger partial charge in [0.25, 0.3) is 0 Å². The van der Waals surface area contributed by atoms with Crippen LogP contribution in [-0.4, -0.2) is 80.5 Å². The third-order valence-corrected chi connectivity index (χ3v) is 6.26. The molecule has 4 nitrogen and oxygen atoms in total. The Morgan fingerprint density at radius 1 is 1.00 bits per heavy atom. The molecule has 0 N–H and O–H groups in total. The van der Waals surface area contributed by atoms with E-state index in [4.69, 9.17) is 24.4 Å². The molecule has 0 spiro atoms. The van der Waals surface area contributed by atoms with Crippen molar-refractivity contribution in [3.8, 4) is 0 Å². The molecule has 18 heavy (non-hydrogen) atoms. The molecule has 0 atom stereocenters. The largest absolute Gasteiger partial charge is 0.348 e. The number of hydrogen-bond acceptors (Lipinski definition) is 6. The number of thiocarbonyl (C=S) groups is 2. The molecule has 0 aromatic carbocycles. The van der Waals surface area contributed by atoms with E-state index in [9.17, 15) is 0 Å². The molecule has 8 heteroatoms. The zero-order chi connectivity index (χ0) is 13.1. The summed E-state index contributed by atoms with van der Waals surface area (Å²) in [6, 6.07) is 0. The average molecular weight is 323 g/mol. The van der Waals surface area contributed by atoms with Gasteiger partial charge in [-0.25, -0.2) is 0 Å². The average Bonchev–Trinajstić information content (AvgIpc) is 2.34. The lowest BCUT2D eigenvalue weighted by Crippen LogP contribution is -2.49. The molecule has 2 saturated heterocycles. The fraction of sp³-hybridized carbons (Fsp3) is 0.800. The molecule has 0 unspecified atom stereocenters. The van der Waals surface area contributed by atoms with Crippen molar-refractivity contribution in [3.63, 3.8) is 0 Å². The van der Waals surface area contributed by atoms with E-state index in [1.165, 1.54) is 0 Å². The van der Waals surface area contributed by atoms with Crippen LogP contribution in [0.15, 0.2) is 0 Å². The molecule has 2 aliphatic rings. The molecule has 0 bridgehead atoms. The molecule has 0 saturated carbocycles. The van der Waals surface area contributed by atoms with Crippen LogP contribution >= 0.6 is 48.0 Å². The monoisotopic (exact) mass is 322 g/mol. The summed E-state index contributed by atoms with van der Waals surface area (Å²) in [5, 5.41) is 0. The maximum Gasteiger partial charge on any atom is 0.138 e. The van der Waals surface area contributed by atoms with Gasteiger partial charge in [0, 0.05) is 20.1 Å². The van der Waals surface area contributed by atoms with Gasteiger partial charge in [-0.3, -0.25) is 9.80 Å². The van der Waals surface area contributed by atoms with E-state index in [0.29, 0.717) is 0 Å². The first kappa shape index (κ1) is 14.8. The van der Waals surface area contributed by atoms with Crippen molar-refractivity contribution in [2.45, 2.75) is 0 Å². The minimum atomic E-state index is 0.926. The van der Waals surface area contributed by atoms with Crippen LogP contribution in [0.4, 0.5) is 0 Å². The van der Waals surface area contributed by atoms with Gasteiger partial charge in [0.2, 0.25) is 0 Å². The molecule has 0 radical (unpaired) electrons. The lowest BCUT2D eigenvalue weighted by atomic mass is 10.5. The summed E-state index contributed by atoms with van der Waals surface area (Å²) in [6.07, 6.45) is 0. The molecule has 102 valence electrons. The van der Waals surface area contributed by atoms with Gasteiger partial charge in [0.1, 0.15) is 8.64 Å². The second kappa shape index (κ2) is 6.71. The molecule has 2 aliphatic heterocycles. The Bertz CT molecular complexity index is 338. The third-order valence-electron chi connectivity index (χ3n) is 2.86. The Morgan fingerprint density at radius 2 is 1.72 bits per heavy atom. The van der Waals surface area contributed by atoms with E-state index in [0.717, 1.165) is 46.8 Å². The molecule has 0 aliphatic carbocycles. The van der Waals surface area contributed by atoms with Crippen LogP contribution < -0.4 is 0 Å². The summed E-state index contributed by atoms with van der Waals surface area (Å²) in [7, 11) is 4.18. The van der Waals surface area contributed by atoms with Crippen molar-refractivity contribution < 1.29 is 0 Å². The second-order valence-corrected chi connectivity index (χ2v) is 7.73. The summed E-state index contributed by atoms with van der Waals surface area (Å²) in [4.78, 5) is 9.09. The van der Waals surface area contributed by atoms with E-state index in [2.05, 4.69) is 33.7 Å². The fourth-order valence-electron chi connectivity index (χ4n) is 1.86. The second-order valence-electron chi connectivity index (χ2n) is 4.57. The molecule has 0 aromatic heterocycles. The maximum absolute atomic E-state index is 5.40. The number of thioether (sulfide) groups is 2. The maximum atomic E-state index is 5.40. The zero-order valence-corrected chi connectivity index (χ0v) is 13.9. The lowest BCUT2D eigenvalue weighted by Gasteiger charge is -2.38. The third kappa shape index (κ3) is 3.94. The first-order chi connectivity index (χ1) is 8.56. The Kier molecular flexibility index (Phi) is 5.52. The number of nitrogens with zero attached hydrogens (tertiary/aromatic N) is 4. The van der Waals surface area contributed by atoms with Crippen LogP contribution in [0.5, 0.6) is 0 Å². The van der Waals surface area contributed by atoms with Crippen LogP contribution in [0.2, 0.25) is 0 Å². The lowest BCUT2D eigenvalue weighted by molar-refractivity contribution is 0.190. The van der Waals surface area contributed by atoms with Gasteiger partial charge >= 0.3 is 0 Å². The Hall–Kier alpha value is 0.400. The highest BCUT2D eigenvalue weighted by atomic mass is 32.2. The van der Waals surface area contributed by atoms with E-state index in [1.54, 1.807) is 23.5 Å². The fourth-order valence-corrected chi connectivity index (χ4v) is 3.91. The normalized spacial score (nSPS) is 23.9. The smallest absolute Gasteiger partial charge is 0.138 e. The van der Waals surface area contributed by atoms with E-state index >= 15 is 0 Å². The van der Waals surface area contributed by atoms with Crippen LogP contribution in [-0.2, 0) is 0 Å². The standard InChI is InChI=1S/C10H18N4S4/c1-11-5-14(10(16)17-7-11)4-3-13-6-12(2)9(15)18-8-13/h3-8H2,1-2H3. The van der Waals surface area contributed by atoms with Gasteiger partial charge in [-0.2, -0.15) is 0 Å². The summed E-state index contributed by atoms with van der Waals surface area (Å²) in [5.41, 5.74) is 0. The zero-order valence-electron chi connectivity index (χ0n) is 10.7. The topological polar surface area (TPSA) is 13.0 Å². The van der Waals surface area contributed by atoms with E-state index in [1.807, 2.05) is 0 Å². The minimum absolute atomic E-state index is 0.926. The van der Waals surface area contributed by atoms with Crippen molar-refractivity contribution in [2.24, 2.45) is 0 Å². The van der Waals surface area contributed by atoms with Gasteiger partial charge in [-0.05, 0) is 7.05 Å².